The van der Waals surface area contributed by atoms with Crippen molar-refractivity contribution in [1.82, 2.24) is 9.36 Å². The van der Waals surface area contributed by atoms with Crippen LogP contribution in [0.1, 0.15) is 37.4 Å². The third-order valence-corrected chi connectivity index (χ3v) is 7.57. The number of carbonyl (C=O) groups is 1. The number of rotatable bonds is 6. The summed E-state index contributed by atoms with van der Waals surface area (Å²) in [7, 11) is 1.86. The first-order valence-corrected chi connectivity index (χ1v) is 12.0. The lowest BCUT2D eigenvalue weighted by Crippen LogP contribution is -2.34. The highest BCUT2D eigenvalue weighted by Crippen LogP contribution is 2.45. The molecular weight excluding hydrogens is 420 g/mol. The first-order valence-electron chi connectivity index (χ1n) is 11.1. The maximum Gasteiger partial charge on any atom is 0.295 e. The van der Waals surface area contributed by atoms with Gasteiger partial charge in [-0.15, -0.1) is 11.8 Å². The minimum absolute atomic E-state index is 0.0289. The Balaban J connectivity index is 1.79. The van der Waals surface area contributed by atoms with Crippen LogP contribution in [0.3, 0.4) is 0 Å². The van der Waals surface area contributed by atoms with E-state index >= 15 is 0 Å². The Kier molecular flexibility index (Phi) is 6.20. The first kappa shape index (κ1) is 22.3. The lowest BCUT2D eigenvalue weighted by molar-refractivity contribution is -0.117. The summed E-state index contributed by atoms with van der Waals surface area (Å²) in [6.45, 7) is 9.98. The summed E-state index contributed by atoms with van der Waals surface area (Å²) in [5, 5.41) is -0.451. The van der Waals surface area contributed by atoms with Gasteiger partial charge in [-0.1, -0.05) is 30.3 Å². The molecule has 1 fully saturated rings. The van der Waals surface area contributed by atoms with Gasteiger partial charge in [-0.3, -0.25) is 19.2 Å². The fraction of sp³-hybridized carbons (Fsp3) is 0.360. The van der Waals surface area contributed by atoms with Crippen LogP contribution >= 0.6 is 11.8 Å². The van der Waals surface area contributed by atoms with Crippen molar-refractivity contribution in [3.8, 4) is 5.69 Å². The third-order valence-electron chi connectivity index (χ3n) is 6.22. The Labute approximate surface area is 193 Å². The summed E-state index contributed by atoms with van der Waals surface area (Å²) in [5.74, 6) is -0.0289. The smallest absolute Gasteiger partial charge is 0.295 e. The average molecular weight is 451 g/mol. The molecule has 0 unspecified atom stereocenters. The van der Waals surface area contributed by atoms with Gasteiger partial charge >= 0.3 is 0 Å². The fourth-order valence-electron chi connectivity index (χ4n) is 4.35. The van der Waals surface area contributed by atoms with E-state index in [0.29, 0.717) is 5.69 Å². The molecule has 0 bridgehead atoms. The Bertz CT molecular complexity index is 1160. The molecule has 4 rings (SSSR count). The van der Waals surface area contributed by atoms with Crippen molar-refractivity contribution in [3.05, 3.63) is 76.2 Å². The van der Waals surface area contributed by atoms with Crippen LogP contribution in [0.15, 0.2) is 59.4 Å². The second-order valence-electron chi connectivity index (χ2n) is 8.01. The number of nitrogens with zero attached hydrogens (tertiary/aromatic N) is 4. The third kappa shape index (κ3) is 3.64. The molecule has 1 aliphatic heterocycles. The van der Waals surface area contributed by atoms with Crippen LogP contribution in [0.5, 0.6) is 0 Å². The van der Waals surface area contributed by atoms with Crippen molar-refractivity contribution in [2.45, 2.75) is 38.3 Å². The summed E-state index contributed by atoms with van der Waals surface area (Å²) in [6, 6.07) is 17.9. The quantitative estimate of drug-likeness (QED) is 0.555. The molecule has 0 N–H and O–H groups in total. The number of amides is 1. The Morgan fingerprint density at radius 2 is 1.59 bits per heavy atom. The Hall–Kier alpha value is -2.93. The molecule has 1 amide bonds. The van der Waals surface area contributed by atoms with E-state index in [1.807, 2.05) is 55.9 Å². The number of para-hydroxylation sites is 1. The number of hydrogen-bond acceptors (Lipinski definition) is 4. The zero-order valence-electron chi connectivity index (χ0n) is 19.3. The van der Waals surface area contributed by atoms with Crippen molar-refractivity contribution in [2.75, 3.05) is 22.9 Å². The van der Waals surface area contributed by atoms with Crippen LogP contribution in [0.4, 0.5) is 11.4 Å². The van der Waals surface area contributed by atoms with Gasteiger partial charge in [0.2, 0.25) is 5.91 Å². The molecule has 6 nitrogen and oxygen atoms in total. The molecule has 2 aromatic carbocycles. The molecule has 0 aliphatic carbocycles. The summed E-state index contributed by atoms with van der Waals surface area (Å²) in [4.78, 5) is 30.8. The number of benzene rings is 2. The molecule has 1 aliphatic rings. The van der Waals surface area contributed by atoms with E-state index < -0.39 is 0 Å². The average Bonchev–Trinajstić information content (AvgIpc) is 3.21. The number of aromatic nitrogens is 2. The van der Waals surface area contributed by atoms with E-state index in [2.05, 4.69) is 43.0 Å². The van der Waals surface area contributed by atoms with Gasteiger partial charge in [0.05, 0.1) is 16.6 Å². The van der Waals surface area contributed by atoms with Crippen molar-refractivity contribution in [1.29, 1.82) is 0 Å². The van der Waals surface area contributed by atoms with E-state index in [-0.39, 0.29) is 22.1 Å². The van der Waals surface area contributed by atoms with E-state index in [9.17, 15) is 9.59 Å². The van der Waals surface area contributed by atoms with Crippen molar-refractivity contribution in [2.24, 2.45) is 7.05 Å². The lowest BCUT2D eigenvalue weighted by atomic mass is 10.1. The normalized spacial score (nSPS) is 18.4. The van der Waals surface area contributed by atoms with Gasteiger partial charge in [0.1, 0.15) is 11.1 Å². The van der Waals surface area contributed by atoms with E-state index in [4.69, 9.17) is 0 Å². The number of hydrogen-bond donors (Lipinski definition) is 0. The minimum Gasteiger partial charge on any atom is -0.372 e. The Morgan fingerprint density at radius 1 is 0.969 bits per heavy atom. The highest BCUT2D eigenvalue weighted by molar-refractivity contribution is 8.01. The fourth-order valence-corrected chi connectivity index (χ4v) is 5.61. The van der Waals surface area contributed by atoms with Crippen LogP contribution in [0, 0.1) is 6.92 Å². The number of anilines is 2. The second-order valence-corrected chi connectivity index (χ2v) is 9.44. The largest absolute Gasteiger partial charge is 0.372 e. The predicted molar refractivity (Wildman–Crippen MR) is 133 cm³/mol. The topological polar surface area (TPSA) is 50.5 Å². The zero-order chi connectivity index (χ0) is 23.0. The SMILES string of the molecule is CCN(CC)c1ccc([C@H]2S[C@@H](C)C(=O)N2c2c(C)n(C)n(-c3ccccc3)c2=O)cc1. The van der Waals surface area contributed by atoms with Crippen LogP contribution < -0.4 is 15.4 Å². The predicted octanol–water partition coefficient (Wildman–Crippen LogP) is 4.50. The summed E-state index contributed by atoms with van der Waals surface area (Å²) in [6.07, 6.45) is 0. The first-order chi connectivity index (χ1) is 15.4. The summed E-state index contributed by atoms with van der Waals surface area (Å²) < 4.78 is 3.46. The molecular formula is C25H30N4O2S. The van der Waals surface area contributed by atoms with Gasteiger partial charge in [-0.05, 0) is 57.5 Å². The van der Waals surface area contributed by atoms with Crippen molar-refractivity contribution >= 4 is 29.0 Å². The number of thioether (sulfide) groups is 1. The van der Waals surface area contributed by atoms with Crippen LogP contribution in [0.2, 0.25) is 0 Å². The molecule has 0 radical (unpaired) electrons. The molecule has 2 atom stereocenters. The van der Waals surface area contributed by atoms with Gasteiger partial charge < -0.3 is 4.90 Å². The van der Waals surface area contributed by atoms with Gasteiger partial charge in [0.15, 0.2) is 0 Å². The van der Waals surface area contributed by atoms with Gasteiger partial charge in [0, 0.05) is 25.8 Å². The molecule has 2 heterocycles. The summed E-state index contributed by atoms with van der Waals surface area (Å²) in [5.41, 5.74) is 4.01. The highest BCUT2D eigenvalue weighted by Gasteiger charge is 2.42. The van der Waals surface area contributed by atoms with Crippen LogP contribution in [-0.2, 0) is 11.8 Å². The molecule has 32 heavy (non-hydrogen) atoms. The van der Waals surface area contributed by atoms with Gasteiger partial charge in [-0.2, -0.15) is 0 Å². The second kappa shape index (κ2) is 8.90. The summed E-state index contributed by atoms with van der Waals surface area (Å²) >= 11 is 1.59. The maximum absolute atomic E-state index is 13.6. The zero-order valence-corrected chi connectivity index (χ0v) is 20.1. The molecule has 1 aromatic heterocycles. The highest BCUT2D eigenvalue weighted by atomic mass is 32.2. The van der Waals surface area contributed by atoms with E-state index in [1.54, 1.807) is 21.3 Å². The van der Waals surface area contributed by atoms with Gasteiger partial charge in [0.25, 0.3) is 5.56 Å². The van der Waals surface area contributed by atoms with Crippen LogP contribution in [0.25, 0.3) is 5.69 Å². The minimum atomic E-state index is -0.235. The standard InChI is InChI=1S/C25H30N4O2S/c1-6-27(7-2)20-15-13-19(14-16-20)25-28(23(30)18(4)32-25)22-17(3)26(5)29(24(22)31)21-11-9-8-10-12-21/h8-16,18,25H,6-7H2,1-5H3/t18-,25+/m0/s1. The van der Waals surface area contributed by atoms with Crippen LogP contribution in [-0.4, -0.2) is 33.6 Å². The van der Waals surface area contributed by atoms with Crippen molar-refractivity contribution in [3.63, 3.8) is 0 Å². The molecule has 168 valence electrons. The Morgan fingerprint density at radius 3 is 2.19 bits per heavy atom. The molecule has 0 saturated carbocycles. The van der Waals surface area contributed by atoms with Gasteiger partial charge in [-0.25, -0.2) is 4.68 Å². The monoisotopic (exact) mass is 450 g/mol. The maximum atomic E-state index is 13.6. The molecule has 1 saturated heterocycles. The van der Waals surface area contributed by atoms with Crippen molar-refractivity contribution < 1.29 is 4.79 Å². The molecule has 0 spiro atoms. The van der Waals surface area contributed by atoms with E-state index in [0.717, 1.165) is 35.7 Å². The molecule has 7 heteroatoms. The lowest BCUT2D eigenvalue weighted by Gasteiger charge is -2.25. The van der Waals surface area contributed by atoms with E-state index in [1.165, 1.54) is 0 Å². The number of carbonyl (C=O) groups excluding carboxylic acids is 1. The molecule has 3 aromatic rings.